The van der Waals surface area contributed by atoms with Crippen LogP contribution in [0.4, 0.5) is 0 Å². The van der Waals surface area contributed by atoms with Gasteiger partial charge < -0.3 is 10.3 Å². The first-order valence-corrected chi connectivity index (χ1v) is 8.72. The average Bonchev–Trinajstić information content (AvgIpc) is 2.67. The average molecular weight is 348 g/mol. The van der Waals surface area contributed by atoms with Crippen LogP contribution in [-0.4, -0.2) is 17.4 Å². The second kappa shape index (κ2) is 8.40. The fraction of sp³-hybridized carbons (Fsp3) is 0.143. The van der Waals surface area contributed by atoms with E-state index in [-0.39, 0.29) is 11.8 Å². The summed E-state index contributed by atoms with van der Waals surface area (Å²) in [7, 11) is 0. The molecule has 0 atom stereocenters. The molecule has 0 fully saturated rings. The summed E-state index contributed by atoms with van der Waals surface area (Å²) < 4.78 is 0.461. The van der Waals surface area contributed by atoms with Crippen LogP contribution in [0.15, 0.2) is 79.0 Å². The van der Waals surface area contributed by atoms with Gasteiger partial charge in [-0.25, -0.2) is 0 Å². The third-order valence-electron chi connectivity index (χ3n) is 4.19. The van der Waals surface area contributed by atoms with Crippen molar-refractivity contribution >= 4 is 18.1 Å². The molecule has 1 amide bonds. The third kappa shape index (κ3) is 4.43. The van der Waals surface area contributed by atoms with E-state index in [4.69, 9.17) is 12.2 Å². The van der Waals surface area contributed by atoms with E-state index >= 15 is 0 Å². The predicted molar refractivity (Wildman–Crippen MR) is 103 cm³/mol. The van der Waals surface area contributed by atoms with Crippen molar-refractivity contribution in [3.8, 4) is 0 Å². The van der Waals surface area contributed by atoms with Gasteiger partial charge in [0.1, 0.15) is 4.64 Å². The highest BCUT2D eigenvalue weighted by Crippen LogP contribution is 2.27. The summed E-state index contributed by atoms with van der Waals surface area (Å²) in [6, 6.07) is 24.3. The minimum absolute atomic E-state index is 0.137. The van der Waals surface area contributed by atoms with Crippen molar-refractivity contribution in [1.82, 2.24) is 10.3 Å². The van der Waals surface area contributed by atoms with E-state index in [2.05, 4.69) is 34.6 Å². The molecule has 0 saturated heterocycles. The van der Waals surface area contributed by atoms with Crippen LogP contribution in [0.2, 0.25) is 0 Å². The van der Waals surface area contributed by atoms with Crippen molar-refractivity contribution in [1.29, 1.82) is 0 Å². The van der Waals surface area contributed by atoms with Crippen molar-refractivity contribution in [3.63, 3.8) is 0 Å². The van der Waals surface area contributed by atoms with Gasteiger partial charge in [0, 0.05) is 18.7 Å². The molecule has 1 heterocycles. The molecule has 3 rings (SSSR count). The highest BCUT2D eigenvalue weighted by Gasteiger charge is 2.14. The molecule has 2 aromatic carbocycles. The first-order valence-electron chi connectivity index (χ1n) is 8.31. The Bertz CT molecular complexity index is 835. The molecule has 2 N–H and O–H groups in total. The van der Waals surface area contributed by atoms with Gasteiger partial charge in [-0.15, -0.1) is 0 Å². The number of rotatable bonds is 6. The van der Waals surface area contributed by atoms with Crippen molar-refractivity contribution in [2.75, 3.05) is 6.54 Å². The van der Waals surface area contributed by atoms with Crippen LogP contribution in [0.3, 0.4) is 0 Å². The van der Waals surface area contributed by atoms with Crippen molar-refractivity contribution in [2.24, 2.45) is 0 Å². The van der Waals surface area contributed by atoms with E-state index in [9.17, 15) is 4.79 Å². The number of aromatic amines is 1. The lowest BCUT2D eigenvalue weighted by Gasteiger charge is -2.18. The molecule has 3 aromatic rings. The number of hydrogen-bond acceptors (Lipinski definition) is 2. The molecule has 126 valence electrons. The molecule has 0 radical (unpaired) electrons. The second-order valence-electron chi connectivity index (χ2n) is 5.83. The smallest absolute Gasteiger partial charge is 0.254 e. The molecule has 0 spiro atoms. The summed E-state index contributed by atoms with van der Waals surface area (Å²) in [4.78, 5) is 15.2. The third-order valence-corrected chi connectivity index (χ3v) is 4.52. The number of carbonyl (C=O) groups excluding carboxylic acids is 1. The maximum absolute atomic E-state index is 12.3. The molecule has 4 heteroatoms. The number of H-pyrrole nitrogens is 1. The van der Waals surface area contributed by atoms with Gasteiger partial charge in [-0.05, 0) is 29.7 Å². The fourth-order valence-electron chi connectivity index (χ4n) is 2.92. The van der Waals surface area contributed by atoms with E-state index in [0.29, 0.717) is 16.7 Å². The number of carbonyl (C=O) groups is 1. The van der Waals surface area contributed by atoms with E-state index in [1.165, 1.54) is 11.1 Å². The van der Waals surface area contributed by atoms with E-state index in [1.54, 1.807) is 18.3 Å². The van der Waals surface area contributed by atoms with Crippen LogP contribution in [0.25, 0.3) is 0 Å². The Balaban J connectivity index is 1.71. The normalized spacial score (nSPS) is 10.6. The van der Waals surface area contributed by atoms with Crippen molar-refractivity contribution in [2.45, 2.75) is 12.3 Å². The van der Waals surface area contributed by atoms with Crippen LogP contribution in [0.5, 0.6) is 0 Å². The Morgan fingerprint density at radius 3 is 2.08 bits per heavy atom. The second-order valence-corrected chi connectivity index (χ2v) is 6.24. The molecule has 25 heavy (non-hydrogen) atoms. The number of benzene rings is 2. The highest BCUT2D eigenvalue weighted by molar-refractivity contribution is 7.71. The predicted octanol–water partition coefficient (Wildman–Crippen LogP) is 4.70. The Kier molecular flexibility index (Phi) is 5.75. The lowest BCUT2D eigenvalue weighted by atomic mass is 9.88. The summed E-state index contributed by atoms with van der Waals surface area (Å²) in [5.41, 5.74) is 3.01. The van der Waals surface area contributed by atoms with Gasteiger partial charge >= 0.3 is 0 Å². The van der Waals surface area contributed by atoms with Gasteiger partial charge in [0.05, 0.1) is 5.56 Å². The number of pyridine rings is 1. The van der Waals surface area contributed by atoms with Gasteiger partial charge in [-0.2, -0.15) is 0 Å². The Morgan fingerprint density at radius 1 is 0.920 bits per heavy atom. The molecule has 0 aliphatic carbocycles. The van der Waals surface area contributed by atoms with E-state index < -0.39 is 0 Å². The number of aromatic nitrogens is 1. The Hall–Kier alpha value is -2.72. The molecule has 0 unspecified atom stereocenters. The van der Waals surface area contributed by atoms with Crippen molar-refractivity contribution in [3.05, 3.63) is 100 Å². The molecule has 1 aromatic heterocycles. The van der Waals surface area contributed by atoms with Gasteiger partial charge in [-0.3, -0.25) is 4.79 Å². The lowest BCUT2D eigenvalue weighted by molar-refractivity contribution is 0.0952. The highest BCUT2D eigenvalue weighted by atomic mass is 32.1. The molecule has 0 aliphatic heterocycles. The summed E-state index contributed by atoms with van der Waals surface area (Å²) >= 11 is 5.17. The first kappa shape index (κ1) is 17.1. The molecule has 0 aliphatic rings. The molecular formula is C21H20N2OS. The van der Waals surface area contributed by atoms with Gasteiger partial charge in [0.15, 0.2) is 0 Å². The van der Waals surface area contributed by atoms with Gasteiger partial charge in [-0.1, -0.05) is 72.9 Å². The summed E-state index contributed by atoms with van der Waals surface area (Å²) in [5.74, 6) is 0.106. The maximum atomic E-state index is 12.3. The minimum Gasteiger partial charge on any atom is -0.352 e. The fourth-order valence-corrected chi connectivity index (χ4v) is 3.15. The summed E-state index contributed by atoms with van der Waals surface area (Å²) in [6.45, 7) is 0.580. The zero-order chi connectivity index (χ0) is 17.5. The molecular weight excluding hydrogens is 328 g/mol. The van der Waals surface area contributed by atoms with Crippen molar-refractivity contribution < 1.29 is 4.79 Å². The summed E-state index contributed by atoms with van der Waals surface area (Å²) in [5, 5.41) is 2.98. The zero-order valence-electron chi connectivity index (χ0n) is 13.8. The number of amides is 1. The van der Waals surface area contributed by atoms with E-state index in [0.717, 1.165) is 6.42 Å². The largest absolute Gasteiger partial charge is 0.352 e. The summed E-state index contributed by atoms with van der Waals surface area (Å²) in [6.07, 6.45) is 2.54. The topological polar surface area (TPSA) is 44.9 Å². The van der Waals surface area contributed by atoms with Crippen LogP contribution in [0.1, 0.15) is 33.8 Å². The Labute approximate surface area is 152 Å². The zero-order valence-corrected chi connectivity index (χ0v) is 14.6. The van der Waals surface area contributed by atoms with Crippen LogP contribution in [0, 0.1) is 4.64 Å². The number of nitrogens with one attached hydrogen (secondary N) is 2. The van der Waals surface area contributed by atoms with Crippen LogP contribution in [-0.2, 0) is 0 Å². The molecule has 0 bridgehead atoms. The molecule has 3 nitrogen and oxygen atoms in total. The quantitative estimate of drug-likeness (QED) is 0.635. The maximum Gasteiger partial charge on any atom is 0.254 e. The lowest BCUT2D eigenvalue weighted by Crippen LogP contribution is -2.26. The SMILES string of the molecule is O=C(NCCC(c1ccccc1)c1ccccc1)c1ccc[nH]c1=S. The minimum atomic E-state index is -0.137. The monoisotopic (exact) mass is 348 g/mol. The van der Waals surface area contributed by atoms with Crippen LogP contribution >= 0.6 is 12.2 Å². The van der Waals surface area contributed by atoms with Gasteiger partial charge in [0.25, 0.3) is 5.91 Å². The van der Waals surface area contributed by atoms with E-state index in [1.807, 2.05) is 36.4 Å². The Morgan fingerprint density at radius 2 is 1.52 bits per heavy atom. The standard InChI is InChI=1S/C21H20N2OS/c24-20(19-12-7-14-23-21(19)25)22-15-13-18(16-8-3-1-4-9-16)17-10-5-2-6-11-17/h1-12,14,18H,13,15H2,(H,22,24)(H,23,25). The van der Waals surface area contributed by atoms with Crippen LogP contribution < -0.4 is 5.32 Å². The first-order chi connectivity index (χ1) is 12.3. The number of hydrogen-bond donors (Lipinski definition) is 2. The molecule has 0 saturated carbocycles. The van der Waals surface area contributed by atoms with Gasteiger partial charge in [0.2, 0.25) is 0 Å².